The van der Waals surface area contributed by atoms with E-state index in [1.165, 1.54) is 38.8 Å². The first-order valence-corrected chi connectivity index (χ1v) is 5.74. The molecule has 2 aliphatic rings. The van der Waals surface area contributed by atoms with Gasteiger partial charge in [0, 0.05) is 26.2 Å². The fraction of sp³-hybridized carbons (Fsp3) is 1.00. The van der Waals surface area contributed by atoms with Crippen molar-refractivity contribution in [2.24, 2.45) is 11.1 Å². The molecule has 0 aromatic heterocycles. The van der Waals surface area contributed by atoms with E-state index in [0.717, 1.165) is 13.2 Å². The van der Waals surface area contributed by atoms with Crippen molar-refractivity contribution in [2.75, 3.05) is 33.4 Å². The average Bonchev–Trinajstić information content (AvgIpc) is 2.74. The van der Waals surface area contributed by atoms with Crippen LogP contribution >= 0.6 is 0 Å². The van der Waals surface area contributed by atoms with Crippen molar-refractivity contribution in [3.63, 3.8) is 0 Å². The molecule has 14 heavy (non-hydrogen) atoms. The topological polar surface area (TPSA) is 38.5 Å². The Balaban J connectivity index is 1.87. The molecular formula is C11H22N2O. The lowest BCUT2D eigenvalue weighted by molar-refractivity contribution is 0.150. The van der Waals surface area contributed by atoms with Crippen LogP contribution in [0, 0.1) is 5.41 Å². The molecule has 0 amide bonds. The zero-order valence-corrected chi connectivity index (χ0v) is 9.17. The monoisotopic (exact) mass is 198 g/mol. The average molecular weight is 198 g/mol. The Labute approximate surface area is 86.6 Å². The second-order valence-corrected chi connectivity index (χ2v) is 4.88. The summed E-state index contributed by atoms with van der Waals surface area (Å²) in [6.45, 7) is 4.35. The Morgan fingerprint density at radius 3 is 3.00 bits per heavy atom. The van der Waals surface area contributed by atoms with E-state index in [2.05, 4.69) is 4.90 Å². The highest BCUT2D eigenvalue weighted by atomic mass is 16.5. The zero-order valence-electron chi connectivity index (χ0n) is 9.17. The van der Waals surface area contributed by atoms with E-state index in [0.29, 0.717) is 11.5 Å². The van der Waals surface area contributed by atoms with Crippen molar-refractivity contribution in [3.8, 4) is 0 Å². The highest BCUT2D eigenvalue weighted by Crippen LogP contribution is 2.44. The SMILES string of the molecule is COCCN1CCC2(CCCC2N)C1. The predicted molar refractivity (Wildman–Crippen MR) is 57.2 cm³/mol. The molecule has 1 saturated heterocycles. The number of methoxy groups -OCH3 is 1. The fourth-order valence-electron chi connectivity index (χ4n) is 3.07. The van der Waals surface area contributed by atoms with Gasteiger partial charge in [-0.3, -0.25) is 0 Å². The van der Waals surface area contributed by atoms with E-state index in [4.69, 9.17) is 10.5 Å². The van der Waals surface area contributed by atoms with Gasteiger partial charge in [0.2, 0.25) is 0 Å². The van der Waals surface area contributed by atoms with Gasteiger partial charge in [0.05, 0.1) is 6.61 Å². The number of hydrogen-bond acceptors (Lipinski definition) is 3. The third kappa shape index (κ3) is 1.81. The molecule has 2 N–H and O–H groups in total. The van der Waals surface area contributed by atoms with Crippen molar-refractivity contribution in [2.45, 2.75) is 31.7 Å². The summed E-state index contributed by atoms with van der Waals surface area (Å²) in [7, 11) is 1.77. The van der Waals surface area contributed by atoms with Crippen molar-refractivity contribution in [1.29, 1.82) is 0 Å². The van der Waals surface area contributed by atoms with Gasteiger partial charge in [-0.2, -0.15) is 0 Å². The molecule has 2 unspecified atom stereocenters. The molecule has 1 spiro atoms. The van der Waals surface area contributed by atoms with Crippen molar-refractivity contribution < 1.29 is 4.74 Å². The maximum atomic E-state index is 6.21. The lowest BCUT2D eigenvalue weighted by Gasteiger charge is -2.28. The Morgan fingerprint density at radius 2 is 2.36 bits per heavy atom. The van der Waals surface area contributed by atoms with Crippen LogP contribution in [0.25, 0.3) is 0 Å². The van der Waals surface area contributed by atoms with Crippen LogP contribution in [0.4, 0.5) is 0 Å². The molecule has 1 heterocycles. The van der Waals surface area contributed by atoms with Crippen LogP contribution in [0.2, 0.25) is 0 Å². The number of nitrogens with zero attached hydrogens (tertiary/aromatic N) is 1. The molecule has 1 aliphatic carbocycles. The van der Waals surface area contributed by atoms with Gasteiger partial charge in [0.15, 0.2) is 0 Å². The van der Waals surface area contributed by atoms with Crippen LogP contribution in [-0.2, 0) is 4.74 Å². The van der Waals surface area contributed by atoms with Crippen LogP contribution < -0.4 is 5.73 Å². The number of ether oxygens (including phenoxy) is 1. The quantitative estimate of drug-likeness (QED) is 0.730. The molecule has 0 aromatic carbocycles. The van der Waals surface area contributed by atoms with Gasteiger partial charge >= 0.3 is 0 Å². The van der Waals surface area contributed by atoms with E-state index >= 15 is 0 Å². The minimum Gasteiger partial charge on any atom is -0.383 e. The van der Waals surface area contributed by atoms with Gasteiger partial charge in [0.1, 0.15) is 0 Å². The minimum atomic E-state index is 0.454. The van der Waals surface area contributed by atoms with Crippen LogP contribution in [0.15, 0.2) is 0 Å². The van der Waals surface area contributed by atoms with E-state index in [1.807, 2.05) is 0 Å². The molecular weight excluding hydrogens is 176 g/mol. The van der Waals surface area contributed by atoms with Crippen LogP contribution in [0.1, 0.15) is 25.7 Å². The number of rotatable bonds is 3. The highest BCUT2D eigenvalue weighted by Gasteiger charge is 2.45. The summed E-state index contributed by atoms with van der Waals surface area (Å²) in [5.41, 5.74) is 6.67. The van der Waals surface area contributed by atoms with Crippen molar-refractivity contribution in [3.05, 3.63) is 0 Å². The second kappa shape index (κ2) is 4.17. The normalized spacial score (nSPS) is 38.6. The van der Waals surface area contributed by atoms with Gasteiger partial charge in [-0.15, -0.1) is 0 Å². The molecule has 0 bridgehead atoms. The summed E-state index contributed by atoms with van der Waals surface area (Å²) in [5.74, 6) is 0. The molecule has 0 radical (unpaired) electrons. The van der Waals surface area contributed by atoms with E-state index in [1.54, 1.807) is 7.11 Å². The summed E-state index contributed by atoms with van der Waals surface area (Å²) >= 11 is 0. The molecule has 2 fully saturated rings. The van der Waals surface area contributed by atoms with Crippen molar-refractivity contribution in [1.82, 2.24) is 4.90 Å². The smallest absolute Gasteiger partial charge is 0.0589 e. The standard InChI is InChI=1S/C11H22N2O/c1-14-8-7-13-6-5-11(9-13)4-2-3-10(11)12/h10H,2-9,12H2,1H3. The third-order valence-corrected chi connectivity index (χ3v) is 4.05. The highest BCUT2D eigenvalue weighted by molar-refractivity contribution is 5.00. The van der Waals surface area contributed by atoms with Gasteiger partial charge in [-0.1, -0.05) is 6.42 Å². The molecule has 3 nitrogen and oxygen atoms in total. The van der Waals surface area contributed by atoms with E-state index < -0.39 is 0 Å². The Bertz CT molecular complexity index is 198. The van der Waals surface area contributed by atoms with Gasteiger partial charge in [-0.05, 0) is 31.2 Å². The van der Waals surface area contributed by atoms with Gasteiger partial charge in [0.25, 0.3) is 0 Å². The third-order valence-electron chi connectivity index (χ3n) is 4.05. The molecule has 3 heteroatoms. The Morgan fingerprint density at radius 1 is 1.50 bits per heavy atom. The largest absolute Gasteiger partial charge is 0.383 e. The Kier molecular flexibility index (Phi) is 3.10. The summed E-state index contributed by atoms with van der Waals surface area (Å²) in [6.07, 6.45) is 5.22. The van der Waals surface area contributed by atoms with Gasteiger partial charge in [-0.25, -0.2) is 0 Å². The lowest BCUT2D eigenvalue weighted by atomic mass is 9.82. The fourth-order valence-corrected chi connectivity index (χ4v) is 3.07. The molecule has 2 rings (SSSR count). The summed E-state index contributed by atoms with van der Waals surface area (Å²) in [6, 6.07) is 0.454. The molecule has 1 aliphatic heterocycles. The van der Waals surface area contributed by atoms with E-state index in [9.17, 15) is 0 Å². The van der Waals surface area contributed by atoms with Crippen LogP contribution in [-0.4, -0.2) is 44.3 Å². The molecule has 82 valence electrons. The van der Waals surface area contributed by atoms with Gasteiger partial charge < -0.3 is 15.4 Å². The predicted octanol–water partition coefficient (Wildman–Crippen LogP) is 0.836. The maximum Gasteiger partial charge on any atom is 0.0589 e. The number of likely N-dealkylation sites (tertiary alicyclic amines) is 1. The number of hydrogen-bond donors (Lipinski definition) is 1. The van der Waals surface area contributed by atoms with Crippen molar-refractivity contribution >= 4 is 0 Å². The maximum absolute atomic E-state index is 6.21. The summed E-state index contributed by atoms with van der Waals surface area (Å²) in [5, 5.41) is 0. The second-order valence-electron chi connectivity index (χ2n) is 4.88. The first-order valence-electron chi connectivity index (χ1n) is 5.74. The van der Waals surface area contributed by atoms with Crippen LogP contribution in [0.3, 0.4) is 0 Å². The Hall–Kier alpha value is -0.120. The number of nitrogens with two attached hydrogens (primary N) is 1. The summed E-state index contributed by atoms with van der Waals surface area (Å²) in [4.78, 5) is 2.51. The molecule has 1 saturated carbocycles. The molecule has 0 aromatic rings. The first kappa shape index (κ1) is 10.4. The lowest BCUT2D eigenvalue weighted by Crippen LogP contribution is -2.39. The molecule has 2 atom stereocenters. The minimum absolute atomic E-state index is 0.454. The zero-order chi connectivity index (χ0) is 10.0. The van der Waals surface area contributed by atoms with E-state index in [-0.39, 0.29) is 0 Å². The first-order chi connectivity index (χ1) is 6.77. The van der Waals surface area contributed by atoms with Crippen LogP contribution in [0.5, 0.6) is 0 Å². The summed E-state index contributed by atoms with van der Waals surface area (Å²) < 4.78 is 5.11.